The molecule has 22 nitrogen and oxygen atoms in total. The Kier molecular flexibility index (Phi) is 21.0. The number of carbonyl (C=O) groups excluding carboxylic acids is 5. The van der Waals surface area contributed by atoms with Crippen LogP contribution >= 0.6 is 0 Å². The van der Waals surface area contributed by atoms with E-state index in [-0.39, 0.29) is 62.5 Å². The molecule has 0 fully saturated rings. The molecule has 0 aliphatic carbocycles. The third-order valence-electron chi connectivity index (χ3n) is 9.08. The summed E-state index contributed by atoms with van der Waals surface area (Å²) in [6.07, 6.45) is -1.07. The number of benzene rings is 2. The summed E-state index contributed by atoms with van der Waals surface area (Å²) in [5.74, 6) is -9.50. The van der Waals surface area contributed by atoms with Crippen molar-refractivity contribution in [1.82, 2.24) is 26.6 Å². The average molecular weight is 858 g/mol. The van der Waals surface area contributed by atoms with Gasteiger partial charge >= 0.3 is 17.9 Å². The number of unbranched alkanes of at least 4 members (excludes halogenated alkanes) is 1. The lowest BCUT2D eigenvalue weighted by Crippen LogP contribution is -2.60. The number of aliphatic carboxylic acids is 3. The number of carbonyl (C=O) groups is 8. The van der Waals surface area contributed by atoms with Gasteiger partial charge in [0, 0.05) is 25.8 Å². The Morgan fingerprint density at radius 1 is 0.574 bits per heavy atom. The number of amides is 5. The normalized spacial score (nSPS) is 13.7. The number of aromatic hydroxyl groups is 2. The van der Waals surface area contributed by atoms with Gasteiger partial charge in [0.05, 0.1) is 12.5 Å². The second-order valence-corrected chi connectivity index (χ2v) is 14.1. The number of phenolic OH excluding ortho intramolecular Hbond substituents is 2. The number of nitrogens with two attached hydrogens (primary N) is 3. The maximum Gasteiger partial charge on any atom is 0.326 e. The number of guanidine groups is 1. The number of nitrogens with zero attached hydrogens (tertiary/aromatic N) is 1. The summed E-state index contributed by atoms with van der Waals surface area (Å²) in [6, 6.07) is 2.05. The fraction of sp³-hybridized carbons (Fsp3) is 0.462. The van der Waals surface area contributed by atoms with Crippen molar-refractivity contribution in [2.45, 2.75) is 107 Å². The van der Waals surface area contributed by atoms with Crippen LogP contribution < -0.4 is 43.8 Å². The molecule has 16 N–H and O–H groups in total. The molecule has 0 saturated heterocycles. The maximum absolute atomic E-state index is 14.2. The second kappa shape index (κ2) is 25.5. The van der Waals surface area contributed by atoms with Crippen LogP contribution in [0.3, 0.4) is 0 Å². The molecular formula is C39H55N9O13. The van der Waals surface area contributed by atoms with E-state index in [1.165, 1.54) is 48.5 Å². The van der Waals surface area contributed by atoms with Gasteiger partial charge in [0.25, 0.3) is 0 Å². The van der Waals surface area contributed by atoms with Crippen molar-refractivity contribution in [2.75, 3.05) is 6.54 Å². The summed E-state index contributed by atoms with van der Waals surface area (Å²) in [4.78, 5) is 107. The fourth-order valence-corrected chi connectivity index (χ4v) is 5.75. The molecule has 0 aliphatic rings. The summed E-state index contributed by atoms with van der Waals surface area (Å²) in [6.45, 7) is 1.89. The lowest BCUT2D eigenvalue weighted by Gasteiger charge is -2.27. The highest BCUT2D eigenvalue weighted by atomic mass is 16.4. The SMILES string of the molecule is CCCC[C@H](NC(=O)[C@H](CCCN=C(N)N)NC(=O)[C@H](Cc1ccc(O)cc1)NC(=O)[C@H](Cc1ccc(O)cc1)NC(=O)[C@H](CC(=O)O)NC(=O)[C@@H](N)CCC(=O)O)C(=O)O. The smallest absolute Gasteiger partial charge is 0.326 e. The highest BCUT2D eigenvalue weighted by Gasteiger charge is 2.34. The molecule has 2 aromatic carbocycles. The van der Waals surface area contributed by atoms with Crippen molar-refractivity contribution in [2.24, 2.45) is 22.2 Å². The Hall–Kier alpha value is -6.97. The highest BCUT2D eigenvalue weighted by molar-refractivity contribution is 5.97. The molecule has 0 unspecified atom stereocenters. The lowest BCUT2D eigenvalue weighted by atomic mass is 10.0. The number of hydrogen-bond acceptors (Lipinski definition) is 12. The first-order chi connectivity index (χ1) is 28.8. The van der Waals surface area contributed by atoms with Crippen LogP contribution in [0.1, 0.15) is 69.4 Å². The molecule has 2 rings (SSSR count). The van der Waals surface area contributed by atoms with Crippen LogP contribution in [-0.2, 0) is 51.2 Å². The molecule has 22 heteroatoms. The molecule has 0 spiro atoms. The molecule has 6 atom stereocenters. The van der Waals surface area contributed by atoms with Gasteiger partial charge in [-0.1, -0.05) is 44.0 Å². The topological polar surface area (TPSA) is 388 Å². The molecule has 0 heterocycles. The average Bonchev–Trinajstić information content (AvgIpc) is 3.19. The van der Waals surface area contributed by atoms with Crippen LogP contribution in [0, 0.1) is 0 Å². The van der Waals surface area contributed by atoms with Gasteiger partial charge in [0.1, 0.15) is 41.7 Å². The summed E-state index contributed by atoms with van der Waals surface area (Å²) < 4.78 is 0. The van der Waals surface area contributed by atoms with E-state index in [9.17, 15) is 58.8 Å². The lowest BCUT2D eigenvalue weighted by molar-refractivity contribution is -0.143. The van der Waals surface area contributed by atoms with E-state index in [0.717, 1.165) is 0 Å². The molecule has 0 aliphatic heterocycles. The minimum absolute atomic E-state index is 0.0457. The standard InChI is InChI=1S/C39H55N9O13/c1-2-3-5-27(38(60)61)45-34(56)26(6-4-17-43-39(41)42)44-35(57)28(18-21-7-11-23(49)12-8-21)47-36(58)29(19-22-9-13-24(50)14-10-22)48-37(59)30(20-32(53)54)46-33(55)25(40)15-16-31(51)52/h7-14,25-30,49-50H,2-6,15-20,40H2,1H3,(H,44,57)(H,45,56)(H,46,55)(H,47,58)(H,48,59)(H,51,52)(H,53,54)(H,60,61)(H4,41,42,43)/t25-,26-,27-,28-,29-,30-/m0/s1. The first kappa shape index (κ1) is 50.2. The summed E-state index contributed by atoms with van der Waals surface area (Å²) in [7, 11) is 0. The van der Waals surface area contributed by atoms with E-state index in [2.05, 4.69) is 31.6 Å². The van der Waals surface area contributed by atoms with E-state index >= 15 is 0 Å². The van der Waals surface area contributed by atoms with Crippen molar-refractivity contribution >= 4 is 53.4 Å². The minimum atomic E-state index is -1.81. The molecule has 0 radical (unpaired) electrons. The van der Waals surface area contributed by atoms with E-state index < -0.39 is 96.5 Å². The summed E-state index contributed by atoms with van der Waals surface area (Å²) in [5.41, 5.74) is 17.4. The van der Waals surface area contributed by atoms with Gasteiger partial charge in [-0.15, -0.1) is 0 Å². The van der Waals surface area contributed by atoms with Crippen molar-refractivity contribution in [1.29, 1.82) is 0 Å². The molecular weight excluding hydrogens is 802 g/mol. The molecule has 334 valence electrons. The van der Waals surface area contributed by atoms with Gasteiger partial charge in [-0.25, -0.2) is 4.79 Å². The molecule has 0 saturated carbocycles. The van der Waals surface area contributed by atoms with Gasteiger partial charge in [-0.05, 0) is 61.1 Å². The predicted molar refractivity (Wildman–Crippen MR) is 217 cm³/mol. The second-order valence-electron chi connectivity index (χ2n) is 14.1. The Morgan fingerprint density at radius 2 is 1.00 bits per heavy atom. The number of aliphatic imine (C=N–C) groups is 1. The van der Waals surface area contributed by atoms with E-state index in [0.29, 0.717) is 24.0 Å². The molecule has 5 amide bonds. The van der Waals surface area contributed by atoms with Gasteiger partial charge in [0.15, 0.2) is 5.96 Å². The Labute approximate surface area is 350 Å². The van der Waals surface area contributed by atoms with Crippen LogP contribution in [0.15, 0.2) is 53.5 Å². The number of nitrogens with one attached hydrogen (secondary N) is 5. The predicted octanol–water partition coefficient (Wildman–Crippen LogP) is -1.70. The zero-order valence-electron chi connectivity index (χ0n) is 33.5. The zero-order valence-corrected chi connectivity index (χ0v) is 33.5. The fourth-order valence-electron chi connectivity index (χ4n) is 5.75. The Morgan fingerprint density at radius 3 is 1.44 bits per heavy atom. The first-order valence-corrected chi connectivity index (χ1v) is 19.3. The largest absolute Gasteiger partial charge is 0.508 e. The molecule has 61 heavy (non-hydrogen) atoms. The van der Waals surface area contributed by atoms with Gasteiger partial charge in [-0.3, -0.25) is 38.6 Å². The molecule has 0 aromatic heterocycles. The number of phenols is 2. The van der Waals surface area contributed by atoms with Gasteiger partial charge in [0.2, 0.25) is 29.5 Å². The molecule has 2 aromatic rings. The number of carboxylic acids is 3. The maximum atomic E-state index is 14.2. The third kappa shape index (κ3) is 19.1. The van der Waals surface area contributed by atoms with E-state index in [4.69, 9.17) is 22.3 Å². The van der Waals surface area contributed by atoms with Crippen LogP contribution in [0.4, 0.5) is 0 Å². The number of carboxylic acid groups (broad SMARTS) is 3. The van der Waals surface area contributed by atoms with Crippen molar-refractivity contribution in [3.8, 4) is 11.5 Å². The number of rotatable bonds is 27. The van der Waals surface area contributed by atoms with Crippen LogP contribution in [0.25, 0.3) is 0 Å². The Bertz CT molecular complexity index is 1860. The van der Waals surface area contributed by atoms with Crippen molar-refractivity contribution in [3.63, 3.8) is 0 Å². The summed E-state index contributed by atoms with van der Waals surface area (Å²) >= 11 is 0. The van der Waals surface area contributed by atoms with Gasteiger partial charge in [-0.2, -0.15) is 0 Å². The number of hydrogen-bond donors (Lipinski definition) is 13. The zero-order chi connectivity index (χ0) is 45.6. The van der Waals surface area contributed by atoms with E-state index in [1.807, 2.05) is 6.92 Å². The Balaban J connectivity index is 2.52. The van der Waals surface area contributed by atoms with E-state index in [1.54, 1.807) is 0 Å². The van der Waals surface area contributed by atoms with Crippen molar-refractivity contribution in [3.05, 3.63) is 59.7 Å². The third-order valence-corrected chi connectivity index (χ3v) is 9.08. The highest BCUT2D eigenvalue weighted by Crippen LogP contribution is 2.15. The van der Waals surface area contributed by atoms with Gasteiger partial charge < -0.3 is 69.3 Å². The minimum Gasteiger partial charge on any atom is -0.508 e. The summed E-state index contributed by atoms with van der Waals surface area (Å²) in [5, 5.41) is 60.1. The van der Waals surface area contributed by atoms with Crippen LogP contribution in [-0.4, -0.2) is 122 Å². The monoisotopic (exact) mass is 857 g/mol. The first-order valence-electron chi connectivity index (χ1n) is 19.3. The van der Waals surface area contributed by atoms with Crippen LogP contribution in [0.5, 0.6) is 11.5 Å². The van der Waals surface area contributed by atoms with Crippen LogP contribution in [0.2, 0.25) is 0 Å². The quantitative estimate of drug-likeness (QED) is 0.0271. The molecule has 0 bridgehead atoms. The van der Waals surface area contributed by atoms with Crippen molar-refractivity contribution < 1.29 is 63.9 Å².